The Balaban J connectivity index is 1.43. The zero-order chi connectivity index (χ0) is 24.8. The minimum atomic E-state index is -0.658. The lowest BCUT2D eigenvalue weighted by molar-refractivity contribution is 0.115. The Bertz CT molecular complexity index is 1100. The number of benzene rings is 2. The van der Waals surface area contributed by atoms with Crippen LogP contribution in [0, 0.1) is 47.0 Å². The van der Waals surface area contributed by atoms with Gasteiger partial charge in [-0.3, -0.25) is 0 Å². The van der Waals surface area contributed by atoms with Crippen LogP contribution in [-0.2, 0) is 0 Å². The van der Waals surface area contributed by atoms with E-state index in [0.717, 1.165) is 43.1 Å². The molecule has 0 aromatic heterocycles. The first-order chi connectivity index (χ1) is 17.0. The molecule has 0 aliphatic heterocycles. The molecule has 184 valence electrons. The van der Waals surface area contributed by atoms with Gasteiger partial charge in [-0.05, 0) is 105 Å². The summed E-state index contributed by atoms with van der Waals surface area (Å²) in [6, 6.07) is 7.09. The minimum absolute atomic E-state index is 0.0807. The molecule has 1 nitrogen and oxygen atoms in total. The van der Waals surface area contributed by atoms with Crippen molar-refractivity contribution >= 4 is 0 Å². The summed E-state index contributed by atoms with van der Waals surface area (Å²) in [5, 5.41) is 0. The summed E-state index contributed by atoms with van der Waals surface area (Å²) in [4.78, 5) is 0. The van der Waals surface area contributed by atoms with Gasteiger partial charge in [-0.15, -0.1) is 6.58 Å². The first kappa shape index (κ1) is 25.2. The van der Waals surface area contributed by atoms with Gasteiger partial charge >= 0.3 is 0 Å². The summed E-state index contributed by atoms with van der Waals surface area (Å²) < 4.78 is 49.1. The Morgan fingerprint density at radius 1 is 0.857 bits per heavy atom. The van der Waals surface area contributed by atoms with E-state index in [0.29, 0.717) is 11.5 Å². The maximum absolute atomic E-state index is 14.9. The molecule has 0 radical (unpaired) electrons. The van der Waals surface area contributed by atoms with Crippen LogP contribution in [0.15, 0.2) is 55.6 Å². The highest BCUT2D eigenvalue weighted by molar-refractivity contribution is 5.47. The smallest absolute Gasteiger partial charge is 0.166 e. The highest BCUT2D eigenvalue weighted by atomic mass is 19.1. The monoisotopic (exact) mass is 478 g/mol. The molecule has 2 aromatic rings. The highest BCUT2D eigenvalue weighted by Crippen LogP contribution is 2.48. The lowest BCUT2D eigenvalue weighted by Crippen LogP contribution is -2.30. The summed E-state index contributed by atoms with van der Waals surface area (Å²) in [5.41, 5.74) is 0.767. The number of hydrogen-bond acceptors (Lipinski definition) is 1. The van der Waals surface area contributed by atoms with E-state index < -0.39 is 17.5 Å². The summed E-state index contributed by atoms with van der Waals surface area (Å²) >= 11 is 0. The highest BCUT2D eigenvalue weighted by Gasteiger charge is 2.36. The van der Waals surface area contributed by atoms with Crippen LogP contribution in [0.3, 0.4) is 0 Å². The third-order valence-corrected chi connectivity index (χ3v) is 7.66. The molecule has 2 aliphatic carbocycles. The van der Waals surface area contributed by atoms with Gasteiger partial charge in [0.1, 0.15) is 18.2 Å². The van der Waals surface area contributed by atoms with Gasteiger partial charge in [0.2, 0.25) is 0 Å². The second kappa shape index (κ2) is 11.7. The summed E-state index contributed by atoms with van der Waals surface area (Å²) in [7, 11) is 0. The second-order valence-electron chi connectivity index (χ2n) is 9.93. The van der Waals surface area contributed by atoms with Crippen LogP contribution in [0.5, 0.6) is 5.75 Å². The predicted molar refractivity (Wildman–Crippen MR) is 135 cm³/mol. The van der Waals surface area contributed by atoms with Crippen molar-refractivity contribution < 1.29 is 17.9 Å². The van der Waals surface area contributed by atoms with Crippen LogP contribution in [0.1, 0.15) is 74.0 Å². The third kappa shape index (κ3) is 6.20. The second-order valence-corrected chi connectivity index (χ2v) is 9.93. The molecule has 0 spiro atoms. The number of hydrogen-bond donors (Lipinski definition) is 0. The first-order valence-electron chi connectivity index (χ1n) is 12.6. The van der Waals surface area contributed by atoms with Crippen molar-refractivity contribution in [3.63, 3.8) is 0 Å². The van der Waals surface area contributed by atoms with E-state index in [4.69, 9.17) is 4.74 Å². The summed E-state index contributed by atoms with van der Waals surface area (Å²) in [6.45, 7) is 7.55. The Kier molecular flexibility index (Phi) is 8.39. The molecule has 0 heterocycles. The number of ether oxygens (including phenoxy) is 1. The van der Waals surface area contributed by atoms with E-state index in [1.165, 1.54) is 56.0 Å². The lowest BCUT2D eigenvalue weighted by Gasteiger charge is -2.42. The van der Waals surface area contributed by atoms with Crippen molar-refractivity contribution in [2.45, 2.75) is 57.3 Å². The molecule has 4 unspecified atom stereocenters. The number of halogens is 3. The third-order valence-electron chi connectivity index (χ3n) is 7.66. The summed E-state index contributed by atoms with van der Waals surface area (Å²) in [6.07, 6.45) is 12.7. The Hall–Kier alpha value is -2.93. The van der Waals surface area contributed by atoms with Gasteiger partial charge in [0, 0.05) is 5.56 Å². The molecule has 0 saturated heterocycles. The zero-order valence-corrected chi connectivity index (χ0v) is 20.2. The van der Waals surface area contributed by atoms with E-state index in [9.17, 15) is 13.2 Å². The van der Waals surface area contributed by atoms with Crippen LogP contribution < -0.4 is 4.74 Å². The Morgan fingerprint density at radius 3 is 2.31 bits per heavy atom. The average Bonchev–Trinajstić information content (AvgIpc) is 2.86. The van der Waals surface area contributed by atoms with Gasteiger partial charge in [-0.2, -0.15) is 0 Å². The lowest BCUT2D eigenvalue weighted by atomic mass is 9.63. The molecule has 0 N–H and O–H groups in total. The van der Waals surface area contributed by atoms with Crippen LogP contribution in [0.25, 0.3) is 0 Å². The van der Waals surface area contributed by atoms with E-state index in [1.54, 1.807) is 6.07 Å². The maximum Gasteiger partial charge on any atom is 0.166 e. The van der Waals surface area contributed by atoms with Crippen molar-refractivity contribution in [1.29, 1.82) is 0 Å². The maximum atomic E-state index is 14.9. The molecule has 2 aliphatic rings. The van der Waals surface area contributed by atoms with E-state index in [2.05, 4.69) is 25.0 Å². The molecular weight excluding hydrogens is 445 g/mol. The SMILES string of the molecule is C=CCCC1CCC2CC(c3cc(F)c(C#Cc4ccc(OCC=C)c(F)c4)c(F)c3)CCC2C1. The molecule has 0 amide bonds. The number of rotatable bonds is 7. The molecule has 0 bridgehead atoms. The van der Waals surface area contributed by atoms with Crippen LogP contribution in [-0.4, -0.2) is 6.61 Å². The molecule has 2 fully saturated rings. The average molecular weight is 479 g/mol. The molecule has 35 heavy (non-hydrogen) atoms. The van der Waals surface area contributed by atoms with Crippen molar-refractivity contribution in [1.82, 2.24) is 0 Å². The normalized spacial score (nSPS) is 23.5. The predicted octanol–water partition coefficient (Wildman–Crippen LogP) is 8.33. The largest absolute Gasteiger partial charge is 0.486 e. The van der Waals surface area contributed by atoms with Gasteiger partial charge < -0.3 is 4.74 Å². The van der Waals surface area contributed by atoms with E-state index >= 15 is 0 Å². The molecule has 4 rings (SSSR count). The summed E-state index contributed by atoms with van der Waals surface area (Å²) in [5.74, 6) is 5.77. The van der Waals surface area contributed by atoms with E-state index in [-0.39, 0.29) is 23.8 Å². The van der Waals surface area contributed by atoms with Crippen molar-refractivity contribution in [2.75, 3.05) is 6.61 Å². The van der Waals surface area contributed by atoms with Gasteiger partial charge in [-0.25, -0.2) is 13.2 Å². The Labute approximate surface area is 207 Å². The topological polar surface area (TPSA) is 9.23 Å². The molecule has 4 heteroatoms. The van der Waals surface area contributed by atoms with Crippen molar-refractivity contribution in [3.05, 3.63) is 89.8 Å². The van der Waals surface area contributed by atoms with Crippen LogP contribution >= 0.6 is 0 Å². The van der Waals surface area contributed by atoms with Crippen LogP contribution in [0.4, 0.5) is 13.2 Å². The standard InChI is InChI=1S/C31H33F3O/c1-3-5-6-21-7-10-24-18-25(12-11-23(24)16-21)26-19-28(32)27(29(33)20-26)13-8-22-9-14-31(30(34)17-22)35-15-4-2/h3-4,9,14,17,19-21,23-25H,1-2,5-7,10-12,15-16,18H2. The molecule has 2 aromatic carbocycles. The quantitative estimate of drug-likeness (QED) is 0.287. The number of fused-ring (bicyclic) bond motifs is 1. The van der Waals surface area contributed by atoms with Gasteiger partial charge in [-0.1, -0.05) is 37.0 Å². The fraction of sp³-hybridized carbons (Fsp3) is 0.419. The van der Waals surface area contributed by atoms with Gasteiger partial charge in [0.25, 0.3) is 0 Å². The first-order valence-corrected chi connectivity index (χ1v) is 12.6. The Morgan fingerprint density at radius 2 is 1.60 bits per heavy atom. The number of allylic oxidation sites excluding steroid dienone is 1. The molecule has 4 atom stereocenters. The fourth-order valence-electron chi connectivity index (χ4n) is 5.83. The van der Waals surface area contributed by atoms with E-state index in [1.807, 2.05) is 6.08 Å². The minimum Gasteiger partial charge on any atom is -0.486 e. The fourth-order valence-corrected chi connectivity index (χ4v) is 5.83. The zero-order valence-electron chi connectivity index (χ0n) is 20.2. The van der Waals surface area contributed by atoms with Gasteiger partial charge in [0.15, 0.2) is 11.6 Å². The molecular formula is C31H33F3O. The van der Waals surface area contributed by atoms with Crippen molar-refractivity contribution in [2.24, 2.45) is 17.8 Å². The van der Waals surface area contributed by atoms with Crippen LogP contribution in [0.2, 0.25) is 0 Å². The molecule has 2 saturated carbocycles. The van der Waals surface area contributed by atoms with Gasteiger partial charge in [0.05, 0.1) is 5.56 Å². The van der Waals surface area contributed by atoms with Crippen molar-refractivity contribution in [3.8, 4) is 17.6 Å².